The Hall–Kier alpha value is -2.33. The summed E-state index contributed by atoms with van der Waals surface area (Å²) in [7, 11) is 0. The van der Waals surface area contributed by atoms with E-state index in [4.69, 9.17) is 16.7 Å². The van der Waals surface area contributed by atoms with Crippen molar-refractivity contribution in [2.75, 3.05) is 0 Å². The molecule has 0 fully saturated rings. The van der Waals surface area contributed by atoms with Crippen molar-refractivity contribution in [3.05, 3.63) is 53.1 Å². The number of fused-ring (bicyclic) bond motifs is 1. The molecule has 0 aliphatic carbocycles. The molecule has 0 aliphatic heterocycles. The molecule has 0 unspecified atom stereocenters. The number of benzene rings is 2. The molecule has 21 heavy (non-hydrogen) atoms. The molecule has 0 atom stereocenters. The van der Waals surface area contributed by atoms with Crippen molar-refractivity contribution in [2.45, 2.75) is 13.5 Å². The molecule has 2 aromatic carbocycles. The molecular weight excluding hydrogens is 288 g/mol. The summed E-state index contributed by atoms with van der Waals surface area (Å²) in [6.45, 7) is 1.81. The van der Waals surface area contributed by atoms with Gasteiger partial charge in [0.1, 0.15) is 12.4 Å². The molecule has 1 heterocycles. The Balaban J connectivity index is 2.28. The van der Waals surface area contributed by atoms with Crippen molar-refractivity contribution >= 4 is 28.6 Å². The van der Waals surface area contributed by atoms with E-state index in [1.807, 2.05) is 43.3 Å². The summed E-state index contributed by atoms with van der Waals surface area (Å²) in [4.78, 5) is 15.7. The average Bonchev–Trinajstić information content (AvgIpc) is 2.77. The maximum Gasteiger partial charge on any atom is 0.323 e. The number of aryl methyl sites for hydroxylation is 1. The quantitative estimate of drug-likeness (QED) is 0.801. The first-order valence-corrected chi connectivity index (χ1v) is 6.87. The number of imidazole rings is 1. The summed E-state index contributed by atoms with van der Waals surface area (Å²) in [5, 5.41) is 9.81. The van der Waals surface area contributed by atoms with Gasteiger partial charge in [0.25, 0.3) is 0 Å². The highest BCUT2D eigenvalue weighted by Gasteiger charge is 2.16. The van der Waals surface area contributed by atoms with E-state index in [1.165, 1.54) is 0 Å². The topological polar surface area (TPSA) is 55.1 Å². The first-order valence-electron chi connectivity index (χ1n) is 6.50. The first-order chi connectivity index (χ1) is 10.1. The van der Waals surface area contributed by atoms with Crippen molar-refractivity contribution in [1.29, 1.82) is 0 Å². The molecule has 0 saturated carbocycles. The lowest BCUT2D eigenvalue weighted by atomic mass is 10.1. The smallest absolute Gasteiger partial charge is 0.323 e. The zero-order valence-electron chi connectivity index (χ0n) is 11.4. The number of carboxylic acid groups (broad SMARTS) is 1. The van der Waals surface area contributed by atoms with E-state index in [0.29, 0.717) is 10.8 Å². The van der Waals surface area contributed by atoms with Crippen LogP contribution in [-0.2, 0) is 11.3 Å². The fraction of sp³-hybridized carbons (Fsp3) is 0.125. The molecule has 0 bridgehead atoms. The number of carboxylic acids is 1. The van der Waals surface area contributed by atoms with Crippen LogP contribution in [0.4, 0.5) is 0 Å². The van der Waals surface area contributed by atoms with Crippen LogP contribution in [0.25, 0.3) is 22.4 Å². The molecule has 0 saturated heterocycles. The van der Waals surface area contributed by atoms with Crippen LogP contribution in [0.15, 0.2) is 42.5 Å². The maximum atomic E-state index is 11.2. The highest BCUT2D eigenvalue weighted by molar-refractivity contribution is 6.30. The molecule has 5 heteroatoms. The Morgan fingerprint density at radius 1 is 1.29 bits per heavy atom. The third kappa shape index (κ3) is 2.50. The normalized spacial score (nSPS) is 11.0. The summed E-state index contributed by atoms with van der Waals surface area (Å²) in [5.41, 5.74) is 3.44. The van der Waals surface area contributed by atoms with Crippen molar-refractivity contribution in [3.8, 4) is 11.4 Å². The number of aliphatic carboxylic acids is 1. The van der Waals surface area contributed by atoms with Gasteiger partial charge in [0, 0.05) is 10.6 Å². The van der Waals surface area contributed by atoms with Crippen LogP contribution in [0.2, 0.25) is 5.02 Å². The highest BCUT2D eigenvalue weighted by Crippen LogP contribution is 2.28. The Bertz CT molecular complexity index is 839. The largest absolute Gasteiger partial charge is 0.480 e. The van der Waals surface area contributed by atoms with E-state index in [9.17, 15) is 4.79 Å². The monoisotopic (exact) mass is 300 g/mol. The van der Waals surface area contributed by atoms with E-state index in [-0.39, 0.29) is 6.54 Å². The summed E-state index contributed by atoms with van der Waals surface area (Å²) < 4.78 is 1.72. The van der Waals surface area contributed by atoms with Crippen LogP contribution in [0.3, 0.4) is 0 Å². The van der Waals surface area contributed by atoms with Gasteiger partial charge in [0.2, 0.25) is 0 Å². The van der Waals surface area contributed by atoms with Gasteiger partial charge in [-0.15, -0.1) is 0 Å². The van der Waals surface area contributed by atoms with Gasteiger partial charge >= 0.3 is 5.97 Å². The van der Waals surface area contributed by atoms with Gasteiger partial charge in [-0.3, -0.25) is 4.79 Å². The lowest BCUT2D eigenvalue weighted by Gasteiger charge is -2.09. The lowest BCUT2D eigenvalue weighted by molar-refractivity contribution is -0.137. The van der Waals surface area contributed by atoms with Gasteiger partial charge in [-0.2, -0.15) is 0 Å². The van der Waals surface area contributed by atoms with Gasteiger partial charge in [-0.25, -0.2) is 4.98 Å². The minimum Gasteiger partial charge on any atom is -0.480 e. The third-order valence-corrected chi connectivity index (χ3v) is 3.61. The minimum absolute atomic E-state index is 0.127. The van der Waals surface area contributed by atoms with Gasteiger partial charge in [0.15, 0.2) is 0 Å². The van der Waals surface area contributed by atoms with Crippen LogP contribution >= 0.6 is 11.6 Å². The molecular formula is C16H13ClN2O2. The average molecular weight is 301 g/mol. The number of hydrogen-bond donors (Lipinski definition) is 1. The predicted molar refractivity (Wildman–Crippen MR) is 82.6 cm³/mol. The summed E-state index contributed by atoms with van der Waals surface area (Å²) in [6.07, 6.45) is 0. The second kappa shape index (κ2) is 5.22. The number of halogens is 1. The van der Waals surface area contributed by atoms with Crippen LogP contribution in [0, 0.1) is 6.92 Å². The SMILES string of the molecule is Cc1cc(Cl)ccc1-c1nc2ccccc2n1CC(=O)O. The summed E-state index contributed by atoms with van der Waals surface area (Å²) in [5.74, 6) is -0.251. The second-order valence-corrected chi connectivity index (χ2v) is 5.30. The molecule has 0 radical (unpaired) electrons. The fourth-order valence-electron chi connectivity index (χ4n) is 2.45. The van der Waals surface area contributed by atoms with E-state index in [2.05, 4.69) is 4.98 Å². The molecule has 0 aliphatic rings. The van der Waals surface area contributed by atoms with E-state index in [1.54, 1.807) is 10.6 Å². The number of hydrogen-bond acceptors (Lipinski definition) is 2. The van der Waals surface area contributed by atoms with E-state index >= 15 is 0 Å². The molecule has 4 nitrogen and oxygen atoms in total. The van der Waals surface area contributed by atoms with Gasteiger partial charge in [-0.1, -0.05) is 23.7 Å². The highest BCUT2D eigenvalue weighted by atomic mass is 35.5. The Labute approximate surface area is 126 Å². The summed E-state index contributed by atoms with van der Waals surface area (Å²) >= 11 is 5.99. The van der Waals surface area contributed by atoms with Crippen LogP contribution in [0.5, 0.6) is 0 Å². The number of carbonyl (C=O) groups is 1. The molecule has 3 aromatic rings. The second-order valence-electron chi connectivity index (χ2n) is 4.86. The molecule has 3 rings (SSSR count). The van der Waals surface area contributed by atoms with Gasteiger partial charge in [-0.05, 0) is 42.8 Å². The van der Waals surface area contributed by atoms with Crippen LogP contribution < -0.4 is 0 Å². The van der Waals surface area contributed by atoms with Crippen LogP contribution in [0.1, 0.15) is 5.56 Å². The molecule has 0 amide bonds. The zero-order valence-corrected chi connectivity index (χ0v) is 12.1. The number of para-hydroxylation sites is 2. The van der Waals surface area contributed by atoms with Crippen molar-refractivity contribution in [1.82, 2.24) is 9.55 Å². The molecule has 1 N–H and O–H groups in total. The zero-order chi connectivity index (χ0) is 15.0. The molecule has 1 aromatic heterocycles. The lowest BCUT2D eigenvalue weighted by Crippen LogP contribution is -2.10. The van der Waals surface area contributed by atoms with Crippen molar-refractivity contribution in [3.63, 3.8) is 0 Å². The summed E-state index contributed by atoms with van der Waals surface area (Å²) in [6, 6.07) is 13.0. The Morgan fingerprint density at radius 3 is 2.76 bits per heavy atom. The van der Waals surface area contributed by atoms with E-state index < -0.39 is 5.97 Å². The van der Waals surface area contributed by atoms with Crippen molar-refractivity contribution < 1.29 is 9.90 Å². The third-order valence-electron chi connectivity index (χ3n) is 3.38. The van der Waals surface area contributed by atoms with Crippen molar-refractivity contribution in [2.24, 2.45) is 0 Å². The maximum absolute atomic E-state index is 11.2. The number of rotatable bonds is 3. The fourth-order valence-corrected chi connectivity index (χ4v) is 2.68. The Kier molecular flexibility index (Phi) is 3.39. The standard InChI is InChI=1S/C16H13ClN2O2/c1-10-8-11(17)6-7-12(10)16-18-13-4-2-3-5-14(13)19(16)9-15(20)21/h2-8H,9H2,1H3,(H,20,21). The number of aromatic nitrogens is 2. The molecule has 0 spiro atoms. The number of nitrogens with zero attached hydrogens (tertiary/aromatic N) is 2. The van der Waals surface area contributed by atoms with Gasteiger partial charge in [0.05, 0.1) is 11.0 Å². The predicted octanol–water partition coefficient (Wildman–Crippen LogP) is 3.75. The minimum atomic E-state index is -0.897. The Morgan fingerprint density at radius 2 is 2.05 bits per heavy atom. The van der Waals surface area contributed by atoms with E-state index in [0.717, 1.165) is 22.2 Å². The van der Waals surface area contributed by atoms with Gasteiger partial charge < -0.3 is 9.67 Å². The first kappa shape index (κ1) is 13.6. The van der Waals surface area contributed by atoms with Crippen LogP contribution in [-0.4, -0.2) is 20.6 Å². The molecule has 106 valence electrons.